The van der Waals surface area contributed by atoms with Gasteiger partial charge < -0.3 is 25.4 Å². The Morgan fingerprint density at radius 3 is 2.72 bits per heavy atom. The molecule has 0 unspecified atom stereocenters. The van der Waals surface area contributed by atoms with Crippen LogP contribution >= 0.6 is 0 Å². The molecule has 0 spiro atoms. The number of ether oxygens (including phenoxy) is 2. The maximum atomic E-state index is 5.84. The molecule has 1 aliphatic heterocycles. The molecule has 4 rings (SSSR count). The fraction of sp³-hybridized carbons (Fsp3) is 0.381. The summed E-state index contributed by atoms with van der Waals surface area (Å²) in [5.74, 6) is 3.09. The van der Waals surface area contributed by atoms with Crippen LogP contribution in [0.1, 0.15) is 24.1 Å². The molecule has 2 aromatic rings. The van der Waals surface area contributed by atoms with Gasteiger partial charge in [-0.3, -0.25) is 0 Å². The van der Waals surface area contributed by atoms with Crippen molar-refractivity contribution in [1.29, 1.82) is 0 Å². The smallest absolute Gasteiger partial charge is 0.220 e. The highest BCUT2D eigenvalue weighted by molar-refractivity contribution is 5.98. The van der Waals surface area contributed by atoms with E-state index in [2.05, 4.69) is 21.4 Å². The van der Waals surface area contributed by atoms with Crippen LogP contribution in [0.3, 0.4) is 0 Å². The van der Waals surface area contributed by atoms with E-state index in [1.165, 1.54) is 12.8 Å². The number of nitrogen functional groups attached to an aromatic ring is 1. The maximum Gasteiger partial charge on any atom is 0.220 e. The Morgan fingerprint density at radius 2 is 2.00 bits per heavy atom. The summed E-state index contributed by atoms with van der Waals surface area (Å²) in [5, 5.41) is 3.37. The van der Waals surface area contributed by atoms with Crippen molar-refractivity contribution >= 4 is 23.3 Å². The lowest BCUT2D eigenvalue weighted by Crippen LogP contribution is -2.35. The Labute approximate surface area is 170 Å². The summed E-state index contributed by atoms with van der Waals surface area (Å²) in [6, 6.07) is 5.68. The number of guanidine groups is 1. The van der Waals surface area contributed by atoms with Crippen LogP contribution in [-0.4, -0.2) is 48.6 Å². The first-order valence-electron chi connectivity index (χ1n) is 9.68. The van der Waals surface area contributed by atoms with Gasteiger partial charge >= 0.3 is 0 Å². The molecule has 1 aromatic heterocycles. The standard InChI is InChI=1S/C21H26N6O2/c1-27-9-8-16(15-12-23-20(22)25-17(15)10-13-4-5-13)26-21(27)24-14-6-7-18(28-2)19(11-14)29-3/h6-8,11-13H,4-5,9-10H2,1-3H3,(H,24,26)(H2,22,23,25). The van der Waals surface area contributed by atoms with E-state index in [-0.39, 0.29) is 0 Å². The minimum Gasteiger partial charge on any atom is -0.493 e. The van der Waals surface area contributed by atoms with Crippen LogP contribution in [-0.2, 0) is 6.42 Å². The number of anilines is 2. The molecule has 2 heterocycles. The molecule has 1 saturated carbocycles. The van der Waals surface area contributed by atoms with Gasteiger partial charge in [0.25, 0.3) is 0 Å². The minimum atomic E-state index is 0.311. The van der Waals surface area contributed by atoms with Crippen molar-refractivity contribution in [1.82, 2.24) is 14.9 Å². The van der Waals surface area contributed by atoms with E-state index in [4.69, 9.17) is 20.2 Å². The fourth-order valence-electron chi connectivity index (χ4n) is 3.29. The molecule has 29 heavy (non-hydrogen) atoms. The average Bonchev–Trinajstić information content (AvgIpc) is 3.54. The lowest BCUT2D eigenvalue weighted by Gasteiger charge is -2.26. The molecule has 0 saturated heterocycles. The monoisotopic (exact) mass is 394 g/mol. The summed E-state index contributed by atoms with van der Waals surface area (Å²) in [4.78, 5) is 15.6. The molecular weight excluding hydrogens is 368 g/mol. The molecule has 0 radical (unpaired) electrons. The quantitative estimate of drug-likeness (QED) is 0.777. The van der Waals surface area contributed by atoms with Gasteiger partial charge in [-0.2, -0.15) is 0 Å². The van der Waals surface area contributed by atoms with Gasteiger partial charge in [-0.15, -0.1) is 0 Å². The Morgan fingerprint density at radius 1 is 1.21 bits per heavy atom. The zero-order valence-electron chi connectivity index (χ0n) is 17.0. The molecule has 8 heteroatoms. The fourth-order valence-corrected chi connectivity index (χ4v) is 3.29. The molecule has 2 aliphatic rings. The number of methoxy groups -OCH3 is 2. The van der Waals surface area contributed by atoms with Crippen LogP contribution in [0.4, 0.5) is 11.6 Å². The summed E-state index contributed by atoms with van der Waals surface area (Å²) >= 11 is 0. The number of nitrogens with zero attached hydrogens (tertiary/aromatic N) is 4. The summed E-state index contributed by atoms with van der Waals surface area (Å²) in [6.45, 7) is 0.724. The van der Waals surface area contributed by atoms with Gasteiger partial charge in [0.2, 0.25) is 11.9 Å². The molecule has 1 aromatic carbocycles. The van der Waals surface area contributed by atoms with E-state index in [1.54, 1.807) is 20.4 Å². The summed E-state index contributed by atoms with van der Waals surface area (Å²) in [7, 11) is 5.23. The third-order valence-corrected chi connectivity index (χ3v) is 5.13. The SMILES string of the molecule is COc1ccc(NC2=NC(c3cnc(N)nc3CC3CC3)=CCN2C)cc1OC. The van der Waals surface area contributed by atoms with Crippen LogP contribution < -0.4 is 20.5 Å². The first-order valence-corrected chi connectivity index (χ1v) is 9.68. The predicted octanol–water partition coefficient (Wildman–Crippen LogP) is 2.78. The lowest BCUT2D eigenvalue weighted by molar-refractivity contribution is 0.355. The zero-order valence-corrected chi connectivity index (χ0v) is 17.0. The van der Waals surface area contributed by atoms with E-state index < -0.39 is 0 Å². The second-order valence-corrected chi connectivity index (χ2v) is 7.34. The van der Waals surface area contributed by atoms with Crippen LogP contribution in [0.25, 0.3) is 5.70 Å². The predicted molar refractivity (Wildman–Crippen MR) is 114 cm³/mol. The molecule has 1 aliphatic carbocycles. The molecule has 0 bridgehead atoms. The van der Waals surface area contributed by atoms with Crippen molar-refractivity contribution < 1.29 is 9.47 Å². The van der Waals surface area contributed by atoms with Crippen LogP contribution in [0, 0.1) is 5.92 Å². The summed E-state index contributed by atoms with van der Waals surface area (Å²) < 4.78 is 10.7. The topological polar surface area (TPSA) is 97.9 Å². The largest absolute Gasteiger partial charge is 0.493 e. The van der Waals surface area contributed by atoms with Gasteiger partial charge in [0, 0.05) is 37.1 Å². The number of aliphatic imine (C=N–C) groups is 1. The third kappa shape index (κ3) is 4.26. The third-order valence-electron chi connectivity index (χ3n) is 5.13. The van der Waals surface area contributed by atoms with Crippen molar-refractivity contribution in [2.45, 2.75) is 19.3 Å². The number of hydrogen-bond donors (Lipinski definition) is 2. The lowest BCUT2D eigenvalue weighted by atomic mass is 10.1. The van der Waals surface area contributed by atoms with E-state index in [9.17, 15) is 0 Å². The van der Waals surface area contributed by atoms with Gasteiger partial charge in [0.1, 0.15) is 0 Å². The second-order valence-electron chi connectivity index (χ2n) is 7.34. The Balaban J connectivity index is 1.61. The van der Waals surface area contributed by atoms with Crippen LogP contribution in [0.2, 0.25) is 0 Å². The van der Waals surface area contributed by atoms with Crippen LogP contribution in [0.5, 0.6) is 11.5 Å². The van der Waals surface area contributed by atoms with E-state index in [0.717, 1.165) is 41.6 Å². The van der Waals surface area contributed by atoms with Crippen LogP contribution in [0.15, 0.2) is 35.5 Å². The molecular formula is C21H26N6O2. The van der Waals surface area contributed by atoms with E-state index >= 15 is 0 Å². The number of hydrogen-bond acceptors (Lipinski definition) is 8. The molecule has 1 fully saturated rings. The number of nitrogens with one attached hydrogen (secondary N) is 1. The van der Waals surface area contributed by atoms with Crippen molar-refractivity contribution in [3.8, 4) is 11.5 Å². The summed E-state index contributed by atoms with van der Waals surface area (Å²) in [6.07, 6.45) is 7.30. The van der Waals surface area contributed by atoms with Gasteiger partial charge in [-0.25, -0.2) is 15.0 Å². The average molecular weight is 394 g/mol. The molecule has 8 nitrogen and oxygen atoms in total. The highest BCUT2D eigenvalue weighted by atomic mass is 16.5. The van der Waals surface area contributed by atoms with Gasteiger partial charge in [0.05, 0.1) is 25.6 Å². The van der Waals surface area contributed by atoms with Crippen molar-refractivity contribution in [2.75, 3.05) is 38.9 Å². The Hall–Kier alpha value is -3.29. The number of benzene rings is 1. The second kappa shape index (κ2) is 7.98. The first-order chi connectivity index (χ1) is 14.1. The number of likely N-dealkylation sites (N-methyl/N-ethyl adjacent to an activating group) is 1. The highest BCUT2D eigenvalue weighted by Crippen LogP contribution is 2.35. The summed E-state index contributed by atoms with van der Waals surface area (Å²) in [5.41, 5.74) is 9.49. The number of aromatic nitrogens is 2. The van der Waals surface area contributed by atoms with Gasteiger partial charge in [0.15, 0.2) is 11.5 Å². The normalized spacial score (nSPS) is 16.2. The van der Waals surface area contributed by atoms with Crippen molar-refractivity contribution in [2.24, 2.45) is 10.9 Å². The number of nitrogens with two attached hydrogens (primary N) is 1. The molecule has 0 atom stereocenters. The number of rotatable bonds is 6. The van der Waals surface area contributed by atoms with Crippen molar-refractivity contribution in [3.63, 3.8) is 0 Å². The highest BCUT2D eigenvalue weighted by Gasteiger charge is 2.25. The molecule has 3 N–H and O–H groups in total. The minimum absolute atomic E-state index is 0.311. The van der Waals surface area contributed by atoms with E-state index in [0.29, 0.717) is 23.4 Å². The molecule has 152 valence electrons. The Kier molecular flexibility index (Phi) is 5.24. The molecule has 0 amide bonds. The maximum absolute atomic E-state index is 5.84. The van der Waals surface area contributed by atoms with Gasteiger partial charge in [-0.1, -0.05) is 0 Å². The zero-order chi connectivity index (χ0) is 20.4. The van der Waals surface area contributed by atoms with Gasteiger partial charge in [-0.05, 0) is 43.4 Å². The van der Waals surface area contributed by atoms with E-state index in [1.807, 2.05) is 30.1 Å². The van der Waals surface area contributed by atoms with Crippen molar-refractivity contribution in [3.05, 3.63) is 41.7 Å². The first kappa shape index (κ1) is 19.0. The Bertz CT molecular complexity index is 968.